The second-order valence-electron chi connectivity index (χ2n) is 8.51. The van der Waals surface area contributed by atoms with E-state index in [0.717, 1.165) is 12.2 Å². The molecule has 32 heavy (non-hydrogen) atoms. The molecule has 2 unspecified atom stereocenters. The monoisotopic (exact) mass is 515 g/mol. The number of imidazole rings is 1. The quantitative estimate of drug-likeness (QED) is 0.315. The number of nitrogens with one attached hydrogen (secondary N) is 2. The number of allylic oxidation sites excluding steroid dienone is 2. The molecule has 1 amide bonds. The maximum Gasteiger partial charge on any atom is 0.261 e. The van der Waals surface area contributed by atoms with Gasteiger partial charge in [-0.3, -0.25) is 4.79 Å². The normalized spacial score (nSPS) is 24.5. The predicted octanol–water partition coefficient (Wildman–Crippen LogP) is 5.20. The van der Waals surface area contributed by atoms with Gasteiger partial charge in [-0.1, -0.05) is 13.0 Å². The van der Waals surface area contributed by atoms with E-state index in [2.05, 4.69) is 36.5 Å². The maximum absolute atomic E-state index is 16.2. The third kappa shape index (κ3) is 3.70. The number of nitrogens with zero attached hydrogens (tertiary/aromatic N) is 3. The summed E-state index contributed by atoms with van der Waals surface area (Å²) in [6.45, 7) is 5.13. The molecule has 1 fully saturated rings. The summed E-state index contributed by atoms with van der Waals surface area (Å²) in [6.07, 6.45) is 1.08. The molecule has 172 valence electrons. The van der Waals surface area contributed by atoms with Crippen LogP contribution in [0.15, 0.2) is 40.5 Å². The molecule has 2 aliphatic rings. The van der Waals surface area contributed by atoms with Gasteiger partial charge in [0.2, 0.25) is 11.7 Å². The van der Waals surface area contributed by atoms with Crippen molar-refractivity contribution in [3.63, 3.8) is 0 Å². The van der Waals surface area contributed by atoms with E-state index in [1.807, 2.05) is 13.8 Å². The van der Waals surface area contributed by atoms with Gasteiger partial charge in [0, 0.05) is 17.5 Å². The Kier molecular flexibility index (Phi) is 5.59. The first-order chi connectivity index (χ1) is 15.0. The van der Waals surface area contributed by atoms with E-state index >= 15 is 4.39 Å². The zero-order valence-corrected chi connectivity index (χ0v) is 19.2. The van der Waals surface area contributed by atoms with Gasteiger partial charge in [-0.15, -0.1) is 0 Å². The molecule has 11 heteroatoms. The molecule has 0 aromatic carbocycles. The Balaban J connectivity index is 1.69. The van der Waals surface area contributed by atoms with Crippen molar-refractivity contribution in [2.45, 2.75) is 57.4 Å². The van der Waals surface area contributed by atoms with Crippen molar-refractivity contribution in [1.29, 1.82) is 0 Å². The Bertz CT molecular complexity index is 1140. The lowest BCUT2D eigenvalue weighted by Gasteiger charge is -2.35. The number of aromatic nitrogens is 3. The molecular weight excluding hydrogens is 494 g/mol. The Morgan fingerprint density at radius 1 is 1.31 bits per heavy atom. The summed E-state index contributed by atoms with van der Waals surface area (Å²) in [6, 6.07) is 1.62. The number of fused-ring (bicyclic) bond motifs is 1. The van der Waals surface area contributed by atoms with Crippen molar-refractivity contribution in [1.82, 2.24) is 19.9 Å². The summed E-state index contributed by atoms with van der Waals surface area (Å²) in [5.74, 6) is -6.11. The van der Waals surface area contributed by atoms with Gasteiger partial charge in [-0.05, 0) is 54.8 Å². The minimum Gasteiger partial charge on any atom is -0.341 e. The highest BCUT2D eigenvalue weighted by atomic mass is 79.9. The molecule has 0 saturated heterocycles. The highest BCUT2D eigenvalue weighted by molar-refractivity contribution is 9.10. The van der Waals surface area contributed by atoms with Crippen LogP contribution in [0.2, 0.25) is 0 Å². The molecule has 2 atom stereocenters. The van der Waals surface area contributed by atoms with E-state index in [0.29, 0.717) is 15.6 Å². The topological polar surface area (TPSA) is 71.8 Å². The Labute approximate surface area is 190 Å². The molecule has 0 radical (unpaired) electrons. The van der Waals surface area contributed by atoms with E-state index in [1.165, 1.54) is 6.92 Å². The van der Waals surface area contributed by atoms with E-state index in [9.17, 15) is 18.0 Å². The van der Waals surface area contributed by atoms with Crippen LogP contribution < -0.4 is 10.6 Å². The summed E-state index contributed by atoms with van der Waals surface area (Å²) in [7, 11) is 0. The SMILES string of the molecule is CC(C)n1cnc2cc(Br)nc(NC3(F)C(F)=CC=C(C(=O)NC4(C(F)F)CC4)C3C)c21. The van der Waals surface area contributed by atoms with Crippen molar-refractivity contribution in [2.24, 2.45) is 5.92 Å². The third-order valence-corrected chi connectivity index (χ3v) is 6.43. The zero-order valence-electron chi connectivity index (χ0n) is 17.6. The number of rotatable bonds is 6. The average Bonchev–Trinajstić information content (AvgIpc) is 3.36. The van der Waals surface area contributed by atoms with E-state index in [-0.39, 0.29) is 30.3 Å². The number of carbonyl (C=O) groups excluding carboxylic acids is 1. The zero-order chi connectivity index (χ0) is 23.4. The molecule has 6 nitrogen and oxygen atoms in total. The lowest BCUT2D eigenvalue weighted by atomic mass is 9.85. The van der Waals surface area contributed by atoms with Gasteiger partial charge in [0.15, 0.2) is 11.6 Å². The summed E-state index contributed by atoms with van der Waals surface area (Å²) >= 11 is 3.25. The minimum atomic E-state index is -2.82. The van der Waals surface area contributed by atoms with Crippen LogP contribution >= 0.6 is 15.9 Å². The molecule has 2 aromatic heterocycles. The van der Waals surface area contributed by atoms with Crippen molar-refractivity contribution in [3.05, 3.63) is 40.5 Å². The second-order valence-corrected chi connectivity index (χ2v) is 9.33. The summed E-state index contributed by atoms with van der Waals surface area (Å²) < 4.78 is 59.6. The van der Waals surface area contributed by atoms with Gasteiger partial charge in [0.05, 0.1) is 11.8 Å². The van der Waals surface area contributed by atoms with Crippen LogP contribution in [0.4, 0.5) is 23.4 Å². The van der Waals surface area contributed by atoms with Crippen LogP contribution in [-0.2, 0) is 4.79 Å². The van der Waals surface area contributed by atoms with Crippen molar-refractivity contribution in [3.8, 4) is 0 Å². The fourth-order valence-electron chi connectivity index (χ4n) is 3.80. The first-order valence-corrected chi connectivity index (χ1v) is 11.0. The number of anilines is 1. The Hall–Kier alpha value is -2.43. The van der Waals surface area contributed by atoms with Gasteiger partial charge in [0.1, 0.15) is 15.7 Å². The molecule has 0 bridgehead atoms. The Morgan fingerprint density at radius 2 is 2.00 bits per heavy atom. The number of halogens is 5. The smallest absolute Gasteiger partial charge is 0.261 e. The first kappa shape index (κ1) is 22.8. The number of alkyl halides is 3. The third-order valence-electron chi connectivity index (χ3n) is 6.03. The maximum atomic E-state index is 16.2. The van der Waals surface area contributed by atoms with Gasteiger partial charge in [-0.2, -0.15) is 0 Å². The average molecular weight is 516 g/mol. The van der Waals surface area contributed by atoms with Crippen LogP contribution in [0, 0.1) is 5.92 Å². The van der Waals surface area contributed by atoms with Crippen LogP contribution in [0.25, 0.3) is 11.0 Å². The fourth-order valence-corrected chi connectivity index (χ4v) is 4.20. The van der Waals surface area contributed by atoms with E-state index < -0.39 is 35.4 Å². The molecule has 2 aromatic rings. The highest BCUT2D eigenvalue weighted by Crippen LogP contribution is 2.44. The molecule has 0 spiro atoms. The highest BCUT2D eigenvalue weighted by Gasteiger charge is 2.54. The molecule has 2 N–H and O–H groups in total. The van der Waals surface area contributed by atoms with Gasteiger partial charge >= 0.3 is 0 Å². The number of carbonyl (C=O) groups is 1. The number of amides is 1. The lowest BCUT2D eigenvalue weighted by molar-refractivity contribution is -0.120. The van der Waals surface area contributed by atoms with Gasteiger partial charge < -0.3 is 15.2 Å². The lowest BCUT2D eigenvalue weighted by Crippen LogP contribution is -2.49. The predicted molar refractivity (Wildman–Crippen MR) is 116 cm³/mol. The largest absolute Gasteiger partial charge is 0.341 e. The van der Waals surface area contributed by atoms with E-state index in [1.54, 1.807) is 17.0 Å². The second kappa shape index (κ2) is 7.86. The van der Waals surface area contributed by atoms with Crippen LogP contribution in [0.5, 0.6) is 0 Å². The van der Waals surface area contributed by atoms with Crippen molar-refractivity contribution < 1.29 is 22.4 Å². The fraction of sp³-hybridized carbons (Fsp3) is 0.476. The van der Waals surface area contributed by atoms with E-state index in [4.69, 9.17) is 0 Å². The number of hydrogen-bond donors (Lipinski definition) is 2. The van der Waals surface area contributed by atoms with Crippen molar-refractivity contribution >= 4 is 38.7 Å². The van der Waals surface area contributed by atoms with Crippen LogP contribution in [0.1, 0.15) is 39.7 Å². The molecule has 0 aliphatic heterocycles. The molecule has 2 heterocycles. The van der Waals surface area contributed by atoms with Gasteiger partial charge in [-0.25, -0.2) is 27.5 Å². The number of hydrogen-bond acceptors (Lipinski definition) is 4. The number of pyridine rings is 1. The molecule has 2 aliphatic carbocycles. The molecular formula is C21H22BrF4N5O. The standard InChI is InChI=1S/C21H22BrF4N5O/c1-10(2)31-9-27-13-8-15(22)28-17(16(13)31)29-21(26)11(3)12(4-5-14(21)23)18(32)30-20(6-7-20)19(24)25/h4-5,8-11,19H,6-7H2,1-3H3,(H,28,29)(H,30,32). The molecule has 1 saturated carbocycles. The summed E-state index contributed by atoms with van der Waals surface area (Å²) in [4.78, 5) is 21.3. The van der Waals surface area contributed by atoms with Gasteiger partial charge in [0.25, 0.3) is 6.43 Å². The summed E-state index contributed by atoms with van der Waals surface area (Å²) in [5.41, 5.74) is -0.751. The van der Waals surface area contributed by atoms with Crippen LogP contribution in [0.3, 0.4) is 0 Å². The Morgan fingerprint density at radius 3 is 2.59 bits per heavy atom. The summed E-state index contributed by atoms with van der Waals surface area (Å²) in [5, 5.41) is 4.83. The first-order valence-electron chi connectivity index (χ1n) is 10.2. The molecule has 4 rings (SSSR count). The minimum absolute atomic E-state index is 0.0337. The van der Waals surface area contributed by atoms with Crippen molar-refractivity contribution in [2.75, 3.05) is 5.32 Å². The van der Waals surface area contributed by atoms with Crippen LogP contribution in [-0.4, -0.2) is 38.2 Å².